The standard InChI is InChI=1S/C32H46N6O2/c1-4-29(39)38-17-16-37(20-24(38)12-14-33)30-27-11-13-32(18-23-8-5-6-10-26(23)22(32)2)19-28(27)34-31(35-30)40-21-25-9-7-15-36(25)3/h4-6,8,10,22,24-25,27-28,30-31,34-35H,1,7,9,11-13,15-21H2,2-3H3/t22?,24?,25?,27?,28?,30?,31?,32-/m1/s1. The predicted octanol–water partition coefficient (Wildman–Crippen LogP) is 3.03. The Labute approximate surface area is 239 Å². The van der Waals surface area contributed by atoms with Crippen molar-refractivity contribution in [3.8, 4) is 6.07 Å². The maximum absolute atomic E-state index is 12.6. The van der Waals surface area contributed by atoms with Crippen molar-refractivity contribution >= 4 is 5.91 Å². The van der Waals surface area contributed by atoms with Crippen LogP contribution < -0.4 is 10.6 Å². The fourth-order valence-corrected chi connectivity index (χ4v) is 8.65. The Bertz CT molecular complexity index is 1140. The number of fused-ring (bicyclic) bond motifs is 2. The highest BCUT2D eigenvalue weighted by Gasteiger charge is 2.53. The first kappa shape index (κ1) is 27.9. The zero-order chi connectivity index (χ0) is 27.9. The van der Waals surface area contributed by atoms with Crippen molar-refractivity contribution in [2.45, 2.75) is 88.4 Å². The van der Waals surface area contributed by atoms with E-state index < -0.39 is 0 Å². The van der Waals surface area contributed by atoms with E-state index in [-0.39, 0.29) is 29.9 Å². The molecule has 1 aromatic carbocycles. The number of carbonyl (C=O) groups is 1. The SMILES string of the molecule is C=CC(=O)N1CCN(C2NC(OCC3CCCN3C)NC3C[C@@]4(CCC32)Cc2ccccc2C4C)CC1CC#N. The molecule has 1 saturated carbocycles. The molecule has 8 nitrogen and oxygen atoms in total. The molecule has 0 aromatic heterocycles. The molecule has 2 N–H and O–H groups in total. The zero-order valence-electron chi connectivity index (χ0n) is 24.2. The highest BCUT2D eigenvalue weighted by molar-refractivity contribution is 5.87. The lowest BCUT2D eigenvalue weighted by Crippen LogP contribution is -2.72. The zero-order valence-corrected chi connectivity index (χ0v) is 24.2. The van der Waals surface area contributed by atoms with E-state index in [0.29, 0.717) is 43.4 Å². The summed E-state index contributed by atoms with van der Waals surface area (Å²) in [5, 5.41) is 17.3. The van der Waals surface area contributed by atoms with Gasteiger partial charge in [0.2, 0.25) is 5.91 Å². The van der Waals surface area contributed by atoms with Gasteiger partial charge in [0.05, 0.1) is 31.3 Å². The van der Waals surface area contributed by atoms with Crippen molar-refractivity contribution in [2.24, 2.45) is 11.3 Å². The van der Waals surface area contributed by atoms with Crippen LogP contribution in [-0.2, 0) is 16.0 Å². The normalized spacial score (nSPS) is 38.1. The fourth-order valence-electron chi connectivity index (χ4n) is 8.65. The van der Waals surface area contributed by atoms with E-state index >= 15 is 0 Å². The number of hydrogen-bond acceptors (Lipinski definition) is 7. The monoisotopic (exact) mass is 546 g/mol. The molecule has 5 aliphatic rings. The molecule has 8 heteroatoms. The molecule has 3 heterocycles. The van der Waals surface area contributed by atoms with Gasteiger partial charge in [0.1, 0.15) is 0 Å². The number of piperazine rings is 1. The van der Waals surface area contributed by atoms with Crippen LogP contribution in [-0.4, -0.2) is 91.1 Å². The Hall–Kier alpha value is -2.28. The molecule has 8 atom stereocenters. The molecule has 6 rings (SSSR count). The van der Waals surface area contributed by atoms with Crippen molar-refractivity contribution in [3.63, 3.8) is 0 Å². The number of nitrogens with zero attached hydrogens (tertiary/aromatic N) is 4. The second kappa shape index (κ2) is 11.5. The van der Waals surface area contributed by atoms with Gasteiger partial charge in [-0.05, 0) is 80.7 Å². The molecule has 3 saturated heterocycles. The number of ether oxygens (including phenoxy) is 1. The topological polar surface area (TPSA) is 83.9 Å². The fraction of sp³-hybridized carbons (Fsp3) is 0.688. The van der Waals surface area contributed by atoms with Gasteiger partial charge >= 0.3 is 0 Å². The molecule has 0 bridgehead atoms. The van der Waals surface area contributed by atoms with E-state index in [1.165, 1.54) is 36.5 Å². The van der Waals surface area contributed by atoms with E-state index in [9.17, 15) is 10.1 Å². The average Bonchev–Trinajstić information content (AvgIpc) is 3.50. The molecule has 0 radical (unpaired) electrons. The first-order valence-electron chi connectivity index (χ1n) is 15.4. The third-order valence-electron chi connectivity index (χ3n) is 11.0. The van der Waals surface area contributed by atoms with Crippen LogP contribution in [0.2, 0.25) is 0 Å². The van der Waals surface area contributed by atoms with Crippen LogP contribution in [0.5, 0.6) is 0 Å². The lowest BCUT2D eigenvalue weighted by Gasteiger charge is -2.55. The molecule has 4 fully saturated rings. The minimum Gasteiger partial charge on any atom is -0.348 e. The molecule has 216 valence electrons. The summed E-state index contributed by atoms with van der Waals surface area (Å²) < 4.78 is 6.58. The van der Waals surface area contributed by atoms with Crippen LogP contribution in [0.4, 0.5) is 0 Å². The minimum atomic E-state index is -0.211. The largest absolute Gasteiger partial charge is 0.348 e. The predicted molar refractivity (Wildman–Crippen MR) is 155 cm³/mol. The van der Waals surface area contributed by atoms with E-state index in [0.717, 1.165) is 39.0 Å². The van der Waals surface area contributed by atoms with Gasteiger partial charge < -0.3 is 14.5 Å². The van der Waals surface area contributed by atoms with Crippen molar-refractivity contribution in [1.29, 1.82) is 5.26 Å². The van der Waals surface area contributed by atoms with E-state index in [1.54, 1.807) is 0 Å². The number of amides is 1. The van der Waals surface area contributed by atoms with Crippen molar-refractivity contribution in [2.75, 3.05) is 39.8 Å². The Kier molecular flexibility index (Phi) is 8.04. The molecule has 2 aliphatic carbocycles. The summed E-state index contributed by atoms with van der Waals surface area (Å²) in [6.45, 7) is 10.1. The van der Waals surface area contributed by atoms with Crippen molar-refractivity contribution in [3.05, 3.63) is 48.0 Å². The van der Waals surface area contributed by atoms with Gasteiger partial charge in [0.25, 0.3) is 0 Å². The van der Waals surface area contributed by atoms with Gasteiger partial charge in [-0.3, -0.25) is 20.3 Å². The third-order valence-corrected chi connectivity index (χ3v) is 11.0. The van der Waals surface area contributed by atoms with Gasteiger partial charge in [-0.2, -0.15) is 5.26 Å². The number of carbonyl (C=O) groups excluding carboxylic acids is 1. The summed E-state index contributed by atoms with van der Waals surface area (Å²) in [6.07, 6.45) is 8.76. The maximum Gasteiger partial charge on any atom is 0.246 e. The molecule has 1 amide bonds. The maximum atomic E-state index is 12.6. The van der Waals surface area contributed by atoms with E-state index in [1.807, 2.05) is 4.90 Å². The van der Waals surface area contributed by atoms with Gasteiger partial charge in [0.15, 0.2) is 6.35 Å². The van der Waals surface area contributed by atoms with E-state index in [4.69, 9.17) is 4.74 Å². The molecule has 1 aromatic rings. The van der Waals surface area contributed by atoms with Crippen LogP contribution in [0.3, 0.4) is 0 Å². The molecule has 3 aliphatic heterocycles. The highest BCUT2D eigenvalue weighted by atomic mass is 16.5. The molecular weight excluding hydrogens is 500 g/mol. The van der Waals surface area contributed by atoms with Gasteiger partial charge in [-0.25, -0.2) is 0 Å². The molecular formula is C32H46N6O2. The summed E-state index contributed by atoms with van der Waals surface area (Å²) in [4.78, 5) is 19.3. The second-order valence-corrected chi connectivity index (χ2v) is 13.0. The molecule has 1 spiro atoms. The van der Waals surface area contributed by atoms with Gasteiger partial charge in [-0.1, -0.05) is 37.8 Å². The molecule has 7 unspecified atom stereocenters. The Balaban J connectivity index is 1.22. The Morgan fingerprint density at radius 1 is 1.23 bits per heavy atom. The number of nitrogens with one attached hydrogen (secondary N) is 2. The summed E-state index contributed by atoms with van der Waals surface area (Å²) in [5.41, 5.74) is 3.35. The summed E-state index contributed by atoms with van der Waals surface area (Å²) in [5.74, 6) is 0.923. The van der Waals surface area contributed by atoms with Crippen LogP contribution in [0.15, 0.2) is 36.9 Å². The number of likely N-dealkylation sites (tertiary alicyclic amines) is 1. The van der Waals surface area contributed by atoms with Crippen LogP contribution in [0, 0.1) is 22.7 Å². The average molecular weight is 547 g/mol. The number of hydrogen-bond donors (Lipinski definition) is 2. The first-order valence-corrected chi connectivity index (χ1v) is 15.4. The number of nitriles is 1. The minimum absolute atomic E-state index is 0.0765. The lowest BCUT2D eigenvalue weighted by atomic mass is 9.61. The van der Waals surface area contributed by atoms with Gasteiger partial charge in [-0.15, -0.1) is 0 Å². The summed E-state index contributed by atoms with van der Waals surface area (Å²) >= 11 is 0. The quantitative estimate of drug-likeness (QED) is 0.531. The smallest absolute Gasteiger partial charge is 0.246 e. The molecule has 40 heavy (non-hydrogen) atoms. The summed E-state index contributed by atoms with van der Waals surface area (Å²) in [7, 11) is 2.20. The van der Waals surface area contributed by atoms with Gasteiger partial charge in [0, 0.05) is 37.6 Å². The number of rotatable bonds is 6. The number of likely N-dealkylation sites (N-methyl/N-ethyl adjacent to an activating group) is 1. The summed E-state index contributed by atoms with van der Waals surface area (Å²) in [6, 6.07) is 12.1. The Morgan fingerprint density at radius 2 is 2.08 bits per heavy atom. The van der Waals surface area contributed by atoms with Crippen molar-refractivity contribution in [1.82, 2.24) is 25.3 Å². The van der Waals surface area contributed by atoms with Crippen LogP contribution in [0.1, 0.15) is 62.5 Å². The lowest BCUT2D eigenvalue weighted by molar-refractivity contribution is -0.137. The van der Waals surface area contributed by atoms with Crippen LogP contribution >= 0.6 is 0 Å². The third kappa shape index (κ3) is 5.12. The highest BCUT2D eigenvalue weighted by Crippen LogP contribution is 2.56. The second-order valence-electron chi connectivity index (χ2n) is 13.0. The van der Waals surface area contributed by atoms with E-state index in [2.05, 4.69) is 71.3 Å². The first-order chi connectivity index (χ1) is 19.4. The Morgan fingerprint density at radius 3 is 2.83 bits per heavy atom. The number of benzene rings is 1. The van der Waals surface area contributed by atoms with Crippen LogP contribution in [0.25, 0.3) is 0 Å². The van der Waals surface area contributed by atoms with Crippen molar-refractivity contribution < 1.29 is 9.53 Å².